The molecule has 126 valence electrons. The smallest absolute Gasteiger partial charge is 0.334 e. The molecule has 0 bridgehead atoms. The van der Waals surface area contributed by atoms with Crippen molar-refractivity contribution in [2.75, 3.05) is 13.1 Å². The van der Waals surface area contributed by atoms with E-state index in [2.05, 4.69) is 10.1 Å². The van der Waals surface area contributed by atoms with E-state index in [0.717, 1.165) is 11.3 Å². The summed E-state index contributed by atoms with van der Waals surface area (Å²) in [6, 6.07) is 5.36. The van der Waals surface area contributed by atoms with E-state index in [0.29, 0.717) is 12.1 Å². The first-order valence-corrected chi connectivity index (χ1v) is 7.59. The standard InChI is InChI=1S/C16H18N4O4/c1-10-5-12(20-9-17-8-18-20)3-4-13(10)15(21)19-6-11(2)24-14(7-19)16(22)23/h3-5,8-9,11,14H,6-7H2,1-2H3,(H,22,23)/t11-,14?/m1/s1. The quantitative estimate of drug-likeness (QED) is 0.897. The molecular weight excluding hydrogens is 312 g/mol. The lowest BCUT2D eigenvalue weighted by Gasteiger charge is -2.35. The van der Waals surface area contributed by atoms with Gasteiger partial charge in [-0.15, -0.1) is 0 Å². The molecule has 1 saturated heterocycles. The van der Waals surface area contributed by atoms with Crippen molar-refractivity contribution < 1.29 is 19.4 Å². The Morgan fingerprint density at radius 3 is 2.75 bits per heavy atom. The lowest BCUT2D eigenvalue weighted by atomic mass is 10.1. The van der Waals surface area contributed by atoms with E-state index in [9.17, 15) is 9.59 Å². The van der Waals surface area contributed by atoms with Gasteiger partial charge in [0, 0.05) is 12.1 Å². The molecule has 1 unspecified atom stereocenters. The van der Waals surface area contributed by atoms with Crippen molar-refractivity contribution in [1.29, 1.82) is 0 Å². The molecule has 0 aliphatic carbocycles. The molecule has 24 heavy (non-hydrogen) atoms. The van der Waals surface area contributed by atoms with Gasteiger partial charge in [-0.3, -0.25) is 4.79 Å². The Labute approximate surface area is 138 Å². The molecule has 1 aliphatic heterocycles. The average Bonchev–Trinajstić information content (AvgIpc) is 3.08. The number of hydrogen-bond donors (Lipinski definition) is 1. The summed E-state index contributed by atoms with van der Waals surface area (Å²) >= 11 is 0. The SMILES string of the molecule is Cc1cc(-n2cncn2)ccc1C(=O)N1CC(C(=O)O)O[C@H](C)C1. The maximum atomic E-state index is 12.8. The van der Waals surface area contributed by atoms with Crippen LogP contribution in [-0.4, -0.2) is 61.9 Å². The fourth-order valence-corrected chi connectivity index (χ4v) is 2.80. The van der Waals surface area contributed by atoms with Gasteiger partial charge in [0.15, 0.2) is 6.10 Å². The molecule has 1 aromatic carbocycles. The number of aromatic nitrogens is 3. The van der Waals surface area contributed by atoms with E-state index < -0.39 is 12.1 Å². The van der Waals surface area contributed by atoms with E-state index in [1.165, 1.54) is 11.2 Å². The van der Waals surface area contributed by atoms with Crippen molar-refractivity contribution in [3.63, 3.8) is 0 Å². The zero-order valence-electron chi connectivity index (χ0n) is 13.4. The van der Waals surface area contributed by atoms with E-state index in [1.54, 1.807) is 30.1 Å². The monoisotopic (exact) mass is 330 g/mol. The van der Waals surface area contributed by atoms with Crippen LogP contribution in [0, 0.1) is 6.92 Å². The number of ether oxygens (including phenoxy) is 1. The fourth-order valence-electron chi connectivity index (χ4n) is 2.80. The molecular formula is C16H18N4O4. The van der Waals surface area contributed by atoms with Crippen molar-refractivity contribution >= 4 is 11.9 Å². The molecule has 0 spiro atoms. The first-order chi connectivity index (χ1) is 11.5. The lowest BCUT2D eigenvalue weighted by molar-refractivity contribution is -0.160. The van der Waals surface area contributed by atoms with Crippen molar-refractivity contribution in [2.45, 2.75) is 26.1 Å². The maximum absolute atomic E-state index is 12.8. The second-order valence-electron chi connectivity index (χ2n) is 5.82. The summed E-state index contributed by atoms with van der Waals surface area (Å²) in [6.45, 7) is 4.01. The van der Waals surface area contributed by atoms with E-state index in [-0.39, 0.29) is 18.6 Å². The van der Waals surface area contributed by atoms with Crippen LogP contribution in [0.25, 0.3) is 5.69 Å². The van der Waals surface area contributed by atoms with Crippen molar-refractivity contribution in [3.05, 3.63) is 42.0 Å². The largest absolute Gasteiger partial charge is 0.479 e. The van der Waals surface area contributed by atoms with Crippen LogP contribution in [0.15, 0.2) is 30.9 Å². The van der Waals surface area contributed by atoms with E-state index in [1.807, 2.05) is 13.0 Å². The molecule has 8 nitrogen and oxygen atoms in total. The Morgan fingerprint density at radius 2 is 2.12 bits per heavy atom. The molecule has 8 heteroatoms. The zero-order valence-corrected chi connectivity index (χ0v) is 13.4. The number of aliphatic carboxylic acids is 1. The molecule has 1 N–H and O–H groups in total. The van der Waals surface area contributed by atoms with E-state index in [4.69, 9.17) is 9.84 Å². The molecule has 1 aromatic heterocycles. The number of carbonyl (C=O) groups excluding carboxylic acids is 1. The van der Waals surface area contributed by atoms with Crippen LogP contribution < -0.4 is 0 Å². The van der Waals surface area contributed by atoms with Crippen molar-refractivity contribution in [2.24, 2.45) is 0 Å². The number of amides is 1. The minimum absolute atomic E-state index is 0.0444. The van der Waals surface area contributed by atoms with Crippen LogP contribution in [0.5, 0.6) is 0 Å². The maximum Gasteiger partial charge on any atom is 0.334 e. The Morgan fingerprint density at radius 1 is 1.33 bits per heavy atom. The third-order valence-corrected chi connectivity index (χ3v) is 3.95. The van der Waals surface area contributed by atoms with Gasteiger partial charge in [-0.25, -0.2) is 14.5 Å². The Balaban J connectivity index is 1.83. The average molecular weight is 330 g/mol. The molecule has 2 heterocycles. The van der Waals surface area contributed by atoms with Gasteiger partial charge < -0.3 is 14.7 Å². The second kappa shape index (κ2) is 6.40. The fraction of sp³-hybridized carbons (Fsp3) is 0.375. The van der Waals surface area contributed by atoms with Crippen LogP contribution in [0.3, 0.4) is 0 Å². The number of benzene rings is 1. The summed E-state index contributed by atoms with van der Waals surface area (Å²) in [4.78, 5) is 29.4. The zero-order chi connectivity index (χ0) is 17.3. The molecule has 1 fully saturated rings. The Kier molecular flexibility index (Phi) is 4.30. The van der Waals surface area contributed by atoms with Gasteiger partial charge in [0.05, 0.1) is 18.3 Å². The molecule has 2 atom stereocenters. The summed E-state index contributed by atoms with van der Waals surface area (Å²) < 4.78 is 6.96. The number of carbonyl (C=O) groups is 2. The van der Waals surface area contributed by atoms with Crippen LogP contribution >= 0.6 is 0 Å². The molecule has 3 rings (SSSR count). The van der Waals surface area contributed by atoms with Gasteiger partial charge in [0.1, 0.15) is 12.7 Å². The number of aryl methyl sites for hydroxylation is 1. The third-order valence-electron chi connectivity index (χ3n) is 3.95. The highest BCUT2D eigenvalue weighted by Gasteiger charge is 2.33. The van der Waals surface area contributed by atoms with Crippen molar-refractivity contribution in [3.8, 4) is 5.69 Å². The number of morpholine rings is 1. The van der Waals surface area contributed by atoms with Gasteiger partial charge in [0.2, 0.25) is 0 Å². The Hall–Kier alpha value is -2.74. The molecule has 0 radical (unpaired) electrons. The normalized spacial score (nSPS) is 20.8. The number of rotatable bonds is 3. The van der Waals surface area contributed by atoms with Gasteiger partial charge in [-0.1, -0.05) is 0 Å². The minimum atomic E-state index is -1.06. The van der Waals surface area contributed by atoms with Gasteiger partial charge in [-0.2, -0.15) is 5.10 Å². The summed E-state index contributed by atoms with van der Waals surface area (Å²) in [7, 11) is 0. The first-order valence-electron chi connectivity index (χ1n) is 7.59. The summed E-state index contributed by atoms with van der Waals surface area (Å²) in [5, 5.41) is 13.2. The highest BCUT2D eigenvalue weighted by atomic mass is 16.5. The number of nitrogens with zero attached hydrogens (tertiary/aromatic N) is 4. The predicted octanol–water partition coefficient (Wildman–Crippen LogP) is 0.890. The predicted molar refractivity (Wildman–Crippen MR) is 84.0 cm³/mol. The van der Waals surface area contributed by atoms with Crippen LogP contribution in [0.2, 0.25) is 0 Å². The minimum Gasteiger partial charge on any atom is -0.479 e. The van der Waals surface area contributed by atoms with Gasteiger partial charge in [0.25, 0.3) is 5.91 Å². The Bertz CT molecular complexity index is 759. The van der Waals surface area contributed by atoms with Crippen LogP contribution in [0.1, 0.15) is 22.8 Å². The van der Waals surface area contributed by atoms with Crippen LogP contribution in [-0.2, 0) is 9.53 Å². The third kappa shape index (κ3) is 3.13. The summed E-state index contributed by atoms with van der Waals surface area (Å²) in [5.41, 5.74) is 2.14. The molecule has 0 saturated carbocycles. The van der Waals surface area contributed by atoms with Crippen LogP contribution in [0.4, 0.5) is 0 Å². The molecule has 1 aliphatic rings. The number of carboxylic acid groups (broad SMARTS) is 1. The molecule has 2 aromatic rings. The molecule has 1 amide bonds. The van der Waals surface area contributed by atoms with E-state index >= 15 is 0 Å². The number of carboxylic acids is 1. The second-order valence-corrected chi connectivity index (χ2v) is 5.82. The first kappa shape index (κ1) is 16.1. The summed E-state index contributed by atoms with van der Waals surface area (Å²) in [5.74, 6) is -1.25. The highest BCUT2D eigenvalue weighted by molar-refractivity contribution is 5.96. The number of hydrogen-bond acceptors (Lipinski definition) is 5. The summed E-state index contributed by atoms with van der Waals surface area (Å²) in [6.07, 6.45) is 1.71. The van der Waals surface area contributed by atoms with Gasteiger partial charge in [-0.05, 0) is 37.6 Å². The topological polar surface area (TPSA) is 97.6 Å². The highest BCUT2D eigenvalue weighted by Crippen LogP contribution is 2.19. The van der Waals surface area contributed by atoms with Gasteiger partial charge >= 0.3 is 5.97 Å². The lowest BCUT2D eigenvalue weighted by Crippen LogP contribution is -2.51. The van der Waals surface area contributed by atoms with Crippen molar-refractivity contribution in [1.82, 2.24) is 19.7 Å².